The first-order chi connectivity index (χ1) is 12.3. The fraction of sp³-hybridized carbons (Fsp3) is 0.524. The van der Waals surface area contributed by atoms with Gasteiger partial charge in [-0.2, -0.15) is 0 Å². The van der Waals surface area contributed by atoms with Gasteiger partial charge in [0.1, 0.15) is 5.03 Å². The van der Waals surface area contributed by atoms with E-state index in [0.29, 0.717) is 5.92 Å². The van der Waals surface area contributed by atoms with Crippen molar-refractivity contribution in [1.29, 1.82) is 0 Å². The molecule has 0 bridgehead atoms. The topological polar surface area (TPSA) is 51.8 Å². The van der Waals surface area contributed by atoms with Crippen LogP contribution in [0.3, 0.4) is 0 Å². The van der Waals surface area contributed by atoms with E-state index < -0.39 is 0 Å². The van der Waals surface area contributed by atoms with Gasteiger partial charge >= 0.3 is 0 Å². The lowest BCUT2D eigenvalue weighted by Crippen LogP contribution is -2.13. The molecule has 1 fully saturated rings. The van der Waals surface area contributed by atoms with Gasteiger partial charge in [-0.05, 0) is 62.0 Å². The summed E-state index contributed by atoms with van der Waals surface area (Å²) >= 11 is 1.86. The van der Waals surface area contributed by atoms with E-state index in [2.05, 4.69) is 29.2 Å². The number of nitrogens with two attached hydrogens (primary N) is 1. The summed E-state index contributed by atoms with van der Waals surface area (Å²) in [6.07, 6.45) is 12.4. The highest BCUT2D eigenvalue weighted by Gasteiger charge is 2.22. The molecule has 4 heteroatoms. The van der Waals surface area contributed by atoms with Crippen LogP contribution in [0.1, 0.15) is 67.3 Å². The molecule has 3 nitrogen and oxygen atoms in total. The Morgan fingerprint density at radius 2 is 1.88 bits per heavy atom. The third-order valence-corrected chi connectivity index (χ3v) is 6.65. The normalized spacial score (nSPS) is 24.0. The number of rotatable bonds is 4. The molecule has 0 spiro atoms. The minimum atomic E-state index is 0.137. The van der Waals surface area contributed by atoms with Gasteiger partial charge < -0.3 is 5.73 Å². The summed E-state index contributed by atoms with van der Waals surface area (Å²) in [5, 5.41) is 1.07. The fourth-order valence-corrected chi connectivity index (χ4v) is 4.73. The number of aryl methyl sites for hydroxylation is 1. The van der Waals surface area contributed by atoms with Crippen molar-refractivity contribution in [2.45, 2.75) is 61.9 Å². The first kappa shape index (κ1) is 17.0. The molecule has 1 saturated carbocycles. The Kier molecular flexibility index (Phi) is 5.37. The van der Waals surface area contributed by atoms with E-state index in [-0.39, 0.29) is 6.04 Å². The molecule has 4 rings (SSSR count). The van der Waals surface area contributed by atoms with Gasteiger partial charge in [0.25, 0.3) is 0 Å². The number of nitrogens with zero attached hydrogens (tertiary/aromatic N) is 2. The van der Waals surface area contributed by atoms with Gasteiger partial charge in [-0.25, -0.2) is 4.98 Å². The maximum absolute atomic E-state index is 6.48. The summed E-state index contributed by atoms with van der Waals surface area (Å²) in [4.78, 5) is 9.41. The van der Waals surface area contributed by atoms with Crippen molar-refractivity contribution >= 4 is 11.8 Å². The summed E-state index contributed by atoms with van der Waals surface area (Å²) in [6, 6.07) is 8.81. The minimum absolute atomic E-state index is 0.137. The molecule has 2 N–H and O–H groups in total. The number of benzene rings is 1. The van der Waals surface area contributed by atoms with Crippen molar-refractivity contribution in [3.05, 3.63) is 53.5 Å². The van der Waals surface area contributed by atoms with Crippen molar-refractivity contribution in [1.82, 2.24) is 9.97 Å². The summed E-state index contributed by atoms with van der Waals surface area (Å²) in [7, 11) is 0. The molecule has 0 saturated heterocycles. The Balaban J connectivity index is 1.42. The maximum Gasteiger partial charge on any atom is 0.114 e. The molecular formula is C21H27N3S. The third-order valence-electron chi connectivity index (χ3n) is 5.51. The van der Waals surface area contributed by atoms with Crippen molar-refractivity contribution in [2.75, 3.05) is 5.75 Å². The quantitative estimate of drug-likeness (QED) is 0.796. The lowest BCUT2D eigenvalue weighted by molar-refractivity contribution is 0.499. The largest absolute Gasteiger partial charge is 0.324 e. The van der Waals surface area contributed by atoms with Gasteiger partial charge in [-0.15, -0.1) is 11.8 Å². The Morgan fingerprint density at radius 1 is 1.00 bits per heavy atom. The van der Waals surface area contributed by atoms with E-state index in [1.807, 2.05) is 24.2 Å². The molecule has 25 heavy (non-hydrogen) atoms. The van der Waals surface area contributed by atoms with Gasteiger partial charge in [0.2, 0.25) is 0 Å². The number of fused-ring (bicyclic) bond motifs is 1. The number of hydrogen-bond donors (Lipinski definition) is 1. The summed E-state index contributed by atoms with van der Waals surface area (Å²) in [6.45, 7) is 0. The van der Waals surface area contributed by atoms with Crippen LogP contribution < -0.4 is 5.73 Å². The highest BCUT2D eigenvalue weighted by Crippen LogP contribution is 2.35. The van der Waals surface area contributed by atoms with Crippen molar-refractivity contribution in [3.63, 3.8) is 0 Å². The van der Waals surface area contributed by atoms with Gasteiger partial charge in [0.05, 0.1) is 11.9 Å². The average molecular weight is 354 g/mol. The van der Waals surface area contributed by atoms with Crippen LogP contribution in [0.15, 0.2) is 41.7 Å². The molecule has 0 radical (unpaired) electrons. The molecule has 1 aromatic heterocycles. The predicted molar refractivity (Wildman–Crippen MR) is 104 cm³/mol. The predicted octanol–water partition coefficient (Wildman–Crippen LogP) is 4.88. The Hall–Kier alpha value is -1.39. The molecule has 1 heterocycles. The first-order valence-corrected chi connectivity index (χ1v) is 10.6. The Morgan fingerprint density at radius 3 is 2.68 bits per heavy atom. The van der Waals surface area contributed by atoms with Gasteiger partial charge in [0, 0.05) is 23.9 Å². The summed E-state index contributed by atoms with van der Waals surface area (Å²) in [5.41, 5.74) is 10.4. The molecule has 2 aromatic rings. The molecule has 0 amide bonds. The average Bonchev–Trinajstić information content (AvgIpc) is 3.47. The second-order valence-corrected chi connectivity index (χ2v) is 8.55. The summed E-state index contributed by atoms with van der Waals surface area (Å²) < 4.78 is 0. The van der Waals surface area contributed by atoms with E-state index in [9.17, 15) is 0 Å². The number of aromatic nitrogens is 2. The molecule has 132 valence electrons. The smallest absolute Gasteiger partial charge is 0.114 e. The van der Waals surface area contributed by atoms with Gasteiger partial charge in [0.15, 0.2) is 0 Å². The van der Waals surface area contributed by atoms with Crippen LogP contribution in [0.4, 0.5) is 0 Å². The van der Waals surface area contributed by atoms with Crippen molar-refractivity contribution in [3.8, 4) is 0 Å². The zero-order valence-corrected chi connectivity index (χ0v) is 15.5. The fourth-order valence-electron chi connectivity index (χ4n) is 3.74. The minimum Gasteiger partial charge on any atom is -0.324 e. The van der Waals surface area contributed by atoms with Crippen LogP contribution in [0.25, 0.3) is 0 Å². The van der Waals surface area contributed by atoms with E-state index in [1.165, 1.54) is 42.6 Å². The Bertz CT molecular complexity index is 697. The third kappa shape index (κ3) is 4.42. The van der Waals surface area contributed by atoms with Crippen molar-refractivity contribution in [2.24, 2.45) is 11.7 Å². The highest BCUT2D eigenvalue weighted by molar-refractivity contribution is 7.99. The van der Waals surface area contributed by atoms with E-state index in [4.69, 9.17) is 10.7 Å². The standard InChI is InChI=1S/C21H27N3S/c22-19-11-10-17(6-3-5-16-4-1-2-7-18(16)19)20-12-24-21(13-23-20)25-14-15-8-9-15/h1-2,4,7,12-13,15,17,19H,3,5-6,8-11,14,22H2/t17-,19?/m0/s1. The van der Waals surface area contributed by atoms with Crippen LogP contribution in [0, 0.1) is 5.92 Å². The van der Waals surface area contributed by atoms with E-state index in [0.717, 1.165) is 35.9 Å². The van der Waals surface area contributed by atoms with Crippen LogP contribution in [-0.4, -0.2) is 15.7 Å². The molecule has 2 aliphatic carbocycles. The van der Waals surface area contributed by atoms with Crippen LogP contribution in [0.5, 0.6) is 0 Å². The number of hydrogen-bond acceptors (Lipinski definition) is 4. The molecule has 1 unspecified atom stereocenters. The lowest BCUT2D eigenvalue weighted by Gasteiger charge is -2.17. The molecular weight excluding hydrogens is 326 g/mol. The second kappa shape index (κ2) is 7.88. The zero-order chi connectivity index (χ0) is 17.1. The Labute approximate surface area is 154 Å². The molecule has 2 aliphatic rings. The van der Waals surface area contributed by atoms with Crippen molar-refractivity contribution < 1.29 is 0 Å². The van der Waals surface area contributed by atoms with Crippen LogP contribution >= 0.6 is 11.8 Å². The maximum atomic E-state index is 6.48. The molecule has 0 aliphatic heterocycles. The molecule has 1 aromatic carbocycles. The zero-order valence-electron chi connectivity index (χ0n) is 14.7. The van der Waals surface area contributed by atoms with E-state index >= 15 is 0 Å². The SMILES string of the molecule is NC1CC[C@@H](c2cnc(SCC3CC3)cn2)CCCc2ccccc21. The number of thioether (sulfide) groups is 1. The van der Waals surface area contributed by atoms with Gasteiger partial charge in [-0.1, -0.05) is 24.3 Å². The summed E-state index contributed by atoms with van der Waals surface area (Å²) in [5.74, 6) is 2.60. The first-order valence-electron chi connectivity index (χ1n) is 9.57. The van der Waals surface area contributed by atoms with Gasteiger partial charge in [-0.3, -0.25) is 4.98 Å². The highest BCUT2D eigenvalue weighted by atomic mass is 32.2. The van der Waals surface area contributed by atoms with E-state index in [1.54, 1.807) is 0 Å². The monoisotopic (exact) mass is 353 g/mol. The molecule has 2 atom stereocenters. The van der Waals surface area contributed by atoms with Crippen LogP contribution in [-0.2, 0) is 6.42 Å². The second-order valence-electron chi connectivity index (χ2n) is 7.51. The van der Waals surface area contributed by atoms with Crippen LogP contribution in [0.2, 0.25) is 0 Å². The lowest BCUT2D eigenvalue weighted by atomic mass is 9.92.